The number of rotatable bonds is 4. The van der Waals surface area contributed by atoms with Crippen LogP contribution in [0.5, 0.6) is 0 Å². The highest BCUT2D eigenvalue weighted by Gasteiger charge is 2.17. The lowest BCUT2D eigenvalue weighted by atomic mass is 10.1. The van der Waals surface area contributed by atoms with Gasteiger partial charge in [0.2, 0.25) is 0 Å². The molecule has 4 rings (SSSR count). The van der Waals surface area contributed by atoms with Crippen molar-refractivity contribution in [2.24, 2.45) is 0 Å². The lowest BCUT2D eigenvalue weighted by Gasteiger charge is -2.14. The van der Waals surface area contributed by atoms with E-state index in [2.05, 4.69) is 9.97 Å². The molecule has 0 aliphatic carbocycles. The Morgan fingerprint density at radius 3 is 2.67 bits per heavy atom. The van der Waals surface area contributed by atoms with Gasteiger partial charge in [-0.15, -0.1) is 11.3 Å². The molecule has 2 aromatic carbocycles. The molecule has 0 unspecified atom stereocenters. The van der Waals surface area contributed by atoms with Crippen molar-refractivity contribution < 1.29 is 9.50 Å². The van der Waals surface area contributed by atoms with Crippen molar-refractivity contribution in [3.05, 3.63) is 70.8 Å². The Bertz CT molecular complexity index is 964. The van der Waals surface area contributed by atoms with Crippen LogP contribution in [0, 0.1) is 5.82 Å². The van der Waals surface area contributed by atoms with Crippen molar-refractivity contribution in [3.63, 3.8) is 0 Å². The zero-order valence-electron chi connectivity index (χ0n) is 12.6. The quantitative estimate of drug-likeness (QED) is 0.611. The summed E-state index contributed by atoms with van der Waals surface area (Å²) in [6, 6.07) is 13.7. The zero-order chi connectivity index (χ0) is 16.5. The molecule has 4 nitrogen and oxygen atoms in total. The minimum atomic E-state index is -0.763. The van der Waals surface area contributed by atoms with E-state index >= 15 is 0 Å². The molecule has 0 aliphatic heterocycles. The van der Waals surface area contributed by atoms with E-state index in [1.54, 1.807) is 17.6 Å². The van der Waals surface area contributed by atoms with Crippen LogP contribution < -0.4 is 0 Å². The van der Waals surface area contributed by atoms with Crippen LogP contribution in [-0.2, 0) is 6.54 Å². The lowest BCUT2D eigenvalue weighted by molar-refractivity contribution is 0.158. The van der Waals surface area contributed by atoms with Gasteiger partial charge in [-0.3, -0.25) is 0 Å². The highest BCUT2D eigenvalue weighted by atomic mass is 32.1. The fourth-order valence-electron chi connectivity index (χ4n) is 2.74. The summed E-state index contributed by atoms with van der Waals surface area (Å²) in [7, 11) is 0. The van der Waals surface area contributed by atoms with Crippen LogP contribution in [0.25, 0.3) is 22.6 Å². The Hall–Kier alpha value is -2.57. The molecule has 4 aromatic rings. The first-order chi connectivity index (χ1) is 11.7. The molecule has 0 saturated carbocycles. The molecular formula is C18H14FN3OS. The molecule has 2 aromatic heterocycles. The normalized spacial score (nSPS) is 12.6. The maximum atomic E-state index is 13.1. The predicted octanol–water partition coefficient (Wildman–Crippen LogP) is 4.03. The van der Waals surface area contributed by atoms with Crippen molar-refractivity contribution in [3.8, 4) is 11.5 Å². The third-order valence-electron chi connectivity index (χ3n) is 3.93. The number of aliphatic hydroxyl groups is 1. The fourth-order valence-corrected chi connectivity index (χ4v) is 3.27. The molecular weight excluding hydrogens is 325 g/mol. The number of hydrogen-bond donors (Lipinski definition) is 1. The largest absolute Gasteiger partial charge is 0.387 e. The predicted molar refractivity (Wildman–Crippen MR) is 92.2 cm³/mol. The van der Waals surface area contributed by atoms with Crippen molar-refractivity contribution in [1.82, 2.24) is 14.5 Å². The minimum Gasteiger partial charge on any atom is -0.387 e. The van der Waals surface area contributed by atoms with Crippen molar-refractivity contribution in [2.75, 3.05) is 0 Å². The topological polar surface area (TPSA) is 50.9 Å². The number of aliphatic hydroxyl groups excluding tert-OH is 1. The van der Waals surface area contributed by atoms with Crippen LogP contribution in [0.15, 0.2) is 59.4 Å². The standard InChI is InChI=1S/C18H14FN3OS/c19-13-7-5-12(6-8-13)17(23)9-22-16-4-2-1-3-14(16)21-18(22)15-10-24-11-20-15/h1-8,10-11,17,23H,9H2/t17-/m0/s1. The molecule has 2 heterocycles. The number of hydrogen-bond acceptors (Lipinski definition) is 4. The fraction of sp³-hybridized carbons (Fsp3) is 0.111. The van der Waals surface area contributed by atoms with Gasteiger partial charge in [0.25, 0.3) is 0 Å². The Balaban J connectivity index is 1.77. The number of fused-ring (bicyclic) bond motifs is 1. The molecule has 1 N–H and O–H groups in total. The van der Waals surface area contributed by atoms with Crippen LogP contribution in [0.3, 0.4) is 0 Å². The van der Waals surface area contributed by atoms with Crippen molar-refractivity contribution in [2.45, 2.75) is 12.6 Å². The van der Waals surface area contributed by atoms with E-state index in [-0.39, 0.29) is 5.82 Å². The number of benzene rings is 2. The summed E-state index contributed by atoms with van der Waals surface area (Å²) in [5.74, 6) is 0.404. The zero-order valence-corrected chi connectivity index (χ0v) is 13.4. The molecule has 1 atom stereocenters. The number of nitrogens with zero attached hydrogens (tertiary/aromatic N) is 3. The molecule has 0 spiro atoms. The first-order valence-corrected chi connectivity index (χ1v) is 8.44. The van der Waals surface area contributed by atoms with Gasteiger partial charge in [0.1, 0.15) is 11.5 Å². The van der Waals surface area contributed by atoms with Gasteiger partial charge in [-0.2, -0.15) is 0 Å². The third kappa shape index (κ3) is 2.70. The van der Waals surface area contributed by atoms with Gasteiger partial charge < -0.3 is 9.67 Å². The third-order valence-corrected chi connectivity index (χ3v) is 4.51. The van der Waals surface area contributed by atoms with Gasteiger partial charge in [0.05, 0.1) is 29.2 Å². The maximum absolute atomic E-state index is 13.1. The monoisotopic (exact) mass is 339 g/mol. The summed E-state index contributed by atoms with van der Waals surface area (Å²) in [4.78, 5) is 8.99. The molecule has 6 heteroatoms. The van der Waals surface area contributed by atoms with Crippen molar-refractivity contribution in [1.29, 1.82) is 0 Å². The van der Waals surface area contributed by atoms with E-state index in [9.17, 15) is 9.50 Å². The summed E-state index contributed by atoms with van der Waals surface area (Å²) in [5, 5.41) is 12.5. The van der Waals surface area contributed by atoms with Gasteiger partial charge in [0.15, 0.2) is 5.82 Å². The average molecular weight is 339 g/mol. The molecule has 0 radical (unpaired) electrons. The number of aromatic nitrogens is 3. The summed E-state index contributed by atoms with van der Waals surface area (Å²) in [6.07, 6.45) is -0.763. The van der Waals surface area contributed by atoms with Crippen LogP contribution in [0.1, 0.15) is 11.7 Å². The Morgan fingerprint density at radius 1 is 1.12 bits per heavy atom. The summed E-state index contributed by atoms with van der Waals surface area (Å²) < 4.78 is 15.0. The molecule has 120 valence electrons. The molecule has 0 amide bonds. The Labute approximate surface area is 141 Å². The van der Waals surface area contributed by atoms with Gasteiger partial charge in [-0.1, -0.05) is 24.3 Å². The molecule has 0 saturated heterocycles. The number of halogens is 1. The van der Waals surface area contributed by atoms with Gasteiger partial charge >= 0.3 is 0 Å². The second-order valence-corrected chi connectivity index (χ2v) is 6.19. The molecule has 0 fully saturated rings. The van der Waals surface area contributed by atoms with Gasteiger partial charge in [-0.25, -0.2) is 14.4 Å². The smallest absolute Gasteiger partial charge is 0.160 e. The Kier molecular flexibility index (Phi) is 3.84. The van der Waals surface area contributed by atoms with Crippen LogP contribution in [0.2, 0.25) is 0 Å². The van der Waals surface area contributed by atoms with Crippen LogP contribution in [0.4, 0.5) is 4.39 Å². The first kappa shape index (κ1) is 15.0. The van der Waals surface area contributed by atoms with Gasteiger partial charge in [0, 0.05) is 5.38 Å². The first-order valence-electron chi connectivity index (χ1n) is 7.50. The van der Waals surface area contributed by atoms with E-state index in [0.717, 1.165) is 22.6 Å². The molecule has 0 aliphatic rings. The second-order valence-electron chi connectivity index (χ2n) is 5.48. The second kappa shape index (κ2) is 6.14. The minimum absolute atomic E-state index is 0.317. The van der Waals surface area contributed by atoms with Crippen LogP contribution >= 0.6 is 11.3 Å². The highest BCUT2D eigenvalue weighted by molar-refractivity contribution is 7.07. The van der Waals surface area contributed by atoms with E-state index in [1.165, 1.54) is 23.5 Å². The van der Waals surface area contributed by atoms with E-state index in [0.29, 0.717) is 12.1 Å². The SMILES string of the molecule is O[C@@H](Cn1c(-c2cscn2)nc2ccccc21)c1ccc(F)cc1. The number of thiazole rings is 1. The lowest BCUT2D eigenvalue weighted by Crippen LogP contribution is -2.10. The number of imidazole rings is 1. The summed E-state index contributed by atoms with van der Waals surface area (Å²) in [5.41, 5.74) is 4.99. The van der Waals surface area contributed by atoms with E-state index < -0.39 is 6.10 Å². The Morgan fingerprint density at radius 2 is 1.92 bits per heavy atom. The average Bonchev–Trinajstić information content (AvgIpc) is 3.23. The maximum Gasteiger partial charge on any atom is 0.160 e. The summed E-state index contributed by atoms with van der Waals surface area (Å²) in [6.45, 7) is 0.318. The number of para-hydroxylation sites is 2. The summed E-state index contributed by atoms with van der Waals surface area (Å²) >= 11 is 1.50. The highest BCUT2D eigenvalue weighted by Crippen LogP contribution is 2.27. The van der Waals surface area contributed by atoms with Crippen molar-refractivity contribution >= 4 is 22.4 Å². The van der Waals surface area contributed by atoms with Crippen LogP contribution in [-0.4, -0.2) is 19.6 Å². The van der Waals surface area contributed by atoms with E-state index in [4.69, 9.17) is 0 Å². The van der Waals surface area contributed by atoms with Gasteiger partial charge in [-0.05, 0) is 29.8 Å². The van der Waals surface area contributed by atoms with E-state index in [1.807, 2.05) is 34.2 Å². The molecule has 0 bridgehead atoms. The molecule has 24 heavy (non-hydrogen) atoms.